The maximum absolute atomic E-state index is 8.45. The van der Waals surface area contributed by atoms with Gasteiger partial charge in [0, 0.05) is 13.0 Å². The van der Waals surface area contributed by atoms with Gasteiger partial charge in [-0.1, -0.05) is 15.9 Å². The van der Waals surface area contributed by atoms with Gasteiger partial charge in [-0.05, 0) is 0 Å². The summed E-state index contributed by atoms with van der Waals surface area (Å²) in [5.41, 5.74) is 0. The van der Waals surface area contributed by atoms with Crippen molar-refractivity contribution in [1.29, 1.82) is 5.26 Å². The van der Waals surface area contributed by atoms with Gasteiger partial charge in [-0.15, -0.1) is 0 Å². The fraction of sp³-hybridized carbons (Fsp3) is 0.800. The molecule has 1 saturated heterocycles. The maximum atomic E-state index is 8.45. The van der Waals surface area contributed by atoms with Crippen molar-refractivity contribution in [2.24, 2.45) is 0 Å². The van der Waals surface area contributed by atoms with Crippen molar-refractivity contribution in [1.82, 2.24) is 0 Å². The Kier molecular flexibility index (Phi) is 1.54. The molecule has 3 heteroatoms. The molecular weight excluding hydrogens is 170 g/mol. The summed E-state index contributed by atoms with van der Waals surface area (Å²) in [7, 11) is 0. The first-order valence-corrected chi connectivity index (χ1v) is 3.24. The Bertz CT molecular complexity index is 123. The van der Waals surface area contributed by atoms with E-state index in [1.54, 1.807) is 0 Å². The smallest absolute Gasteiger partial charge is 0.137 e. The predicted octanol–water partition coefficient (Wildman–Crippen LogP) is 1.06. The zero-order chi connectivity index (χ0) is 6.04. The minimum absolute atomic E-state index is 0.368. The van der Waals surface area contributed by atoms with Gasteiger partial charge in [0.2, 0.25) is 0 Å². The molecule has 8 heavy (non-hydrogen) atoms. The van der Waals surface area contributed by atoms with Crippen LogP contribution in [0.1, 0.15) is 6.42 Å². The number of rotatable bonds is 0. The van der Waals surface area contributed by atoms with Crippen LogP contribution in [0.5, 0.6) is 0 Å². The lowest BCUT2D eigenvalue weighted by atomic mass is 10.1. The molecule has 0 aromatic carbocycles. The van der Waals surface area contributed by atoms with Crippen LogP contribution in [0.25, 0.3) is 0 Å². The van der Waals surface area contributed by atoms with E-state index in [-0.39, 0.29) is 4.32 Å². The summed E-state index contributed by atoms with van der Waals surface area (Å²) in [5.74, 6) is 0. The topological polar surface area (TPSA) is 33.0 Å². The highest BCUT2D eigenvalue weighted by molar-refractivity contribution is 9.10. The largest absolute Gasteiger partial charge is 0.379 e. The lowest BCUT2D eigenvalue weighted by Gasteiger charge is -2.04. The van der Waals surface area contributed by atoms with Gasteiger partial charge >= 0.3 is 0 Å². The molecular formula is C5H6BrNO. The van der Waals surface area contributed by atoms with Crippen molar-refractivity contribution >= 4 is 15.9 Å². The van der Waals surface area contributed by atoms with Gasteiger partial charge in [-0.25, -0.2) is 0 Å². The van der Waals surface area contributed by atoms with E-state index in [1.165, 1.54) is 0 Å². The van der Waals surface area contributed by atoms with Crippen molar-refractivity contribution in [2.45, 2.75) is 10.7 Å². The highest BCUT2D eigenvalue weighted by Gasteiger charge is 2.31. The number of nitrogens with zero attached hydrogens (tertiary/aromatic N) is 1. The van der Waals surface area contributed by atoms with Crippen molar-refractivity contribution in [2.75, 3.05) is 13.2 Å². The number of nitriles is 1. The SMILES string of the molecule is N#CC1(Br)CCOC1. The van der Waals surface area contributed by atoms with Crippen LogP contribution in [0.15, 0.2) is 0 Å². The average molecular weight is 176 g/mol. The molecule has 2 nitrogen and oxygen atoms in total. The summed E-state index contributed by atoms with van der Waals surface area (Å²) in [5, 5.41) is 8.45. The minimum Gasteiger partial charge on any atom is -0.379 e. The highest BCUT2D eigenvalue weighted by Crippen LogP contribution is 2.26. The highest BCUT2D eigenvalue weighted by atomic mass is 79.9. The van der Waals surface area contributed by atoms with Gasteiger partial charge in [-0.2, -0.15) is 5.26 Å². The third kappa shape index (κ3) is 1.01. The van der Waals surface area contributed by atoms with Crippen LogP contribution in [-0.2, 0) is 4.74 Å². The molecule has 0 bridgehead atoms. The number of alkyl halides is 1. The van der Waals surface area contributed by atoms with Crippen molar-refractivity contribution in [3.05, 3.63) is 0 Å². The summed E-state index contributed by atoms with van der Waals surface area (Å²) in [6.45, 7) is 1.24. The molecule has 0 radical (unpaired) electrons. The molecule has 0 aliphatic carbocycles. The summed E-state index contributed by atoms with van der Waals surface area (Å²) in [6.07, 6.45) is 0.809. The standard InChI is InChI=1S/C5H6BrNO/c6-5(3-7)1-2-8-4-5/h1-2,4H2. The number of hydrogen-bond acceptors (Lipinski definition) is 2. The van der Waals surface area contributed by atoms with E-state index >= 15 is 0 Å². The zero-order valence-electron chi connectivity index (χ0n) is 4.35. The summed E-state index contributed by atoms with van der Waals surface area (Å²) in [6, 6.07) is 2.13. The predicted molar refractivity (Wildman–Crippen MR) is 32.7 cm³/mol. The molecule has 0 saturated carbocycles. The normalized spacial score (nSPS) is 37.0. The molecule has 0 amide bonds. The first kappa shape index (κ1) is 6.06. The van der Waals surface area contributed by atoms with E-state index in [0.29, 0.717) is 13.2 Å². The minimum atomic E-state index is -0.368. The van der Waals surface area contributed by atoms with Crippen LogP contribution in [0.2, 0.25) is 0 Å². The third-order valence-electron chi connectivity index (χ3n) is 1.17. The molecule has 44 valence electrons. The second-order valence-electron chi connectivity index (χ2n) is 1.88. The van der Waals surface area contributed by atoms with Crippen LogP contribution in [0.3, 0.4) is 0 Å². The summed E-state index contributed by atoms with van der Waals surface area (Å²) in [4.78, 5) is 0. The lowest BCUT2D eigenvalue weighted by molar-refractivity contribution is 0.195. The van der Waals surface area contributed by atoms with Gasteiger partial charge in [0.05, 0.1) is 12.7 Å². The van der Waals surface area contributed by atoms with Crippen LogP contribution in [0.4, 0.5) is 0 Å². The molecule has 1 atom stereocenters. The maximum Gasteiger partial charge on any atom is 0.137 e. The average Bonchev–Trinajstić information content (AvgIpc) is 2.17. The van der Waals surface area contributed by atoms with Crippen LogP contribution >= 0.6 is 15.9 Å². The van der Waals surface area contributed by atoms with Crippen molar-refractivity contribution in [3.8, 4) is 6.07 Å². The molecule has 1 aliphatic rings. The Hall–Kier alpha value is -0.0700. The van der Waals surface area contributed by atoms with E-state index in [4.69, 9.17) is 10.00 Å². The molecule has 0 aromatic heterocycles. The van der Waals surface area contributed by atoms with E-state index in [9.17, 15) is 0 Å². The van der Waals surface area contributed by atoms with E-state index in [0.717, 1.165) is 6.42 Å². The molecule has 0 N–H and O–H groups in total. The molecule has 0 aromatic rings. The molecule has 1 aliphatic heterocycles. The van der Waals surface area contributed by atoms with Crippen LogP contribution in [0, 0.1) is 11.3 Å². The molecule has 1 unspecified atom stereocenters. The fourth-order valence-electron chi connectivity index (χ4n) is 0.628. The number of halogens is 1. The van der Waals surface area contributed by atoms with Crippen molar-refractivity contribution < 1.29 is 4.74 Å². The van der Waals surface area contributed by atoms with Gasteiger partial charge in [0.1, 0.15) is 4.32 Å². The number of ether oxygens (including phenoxy) is 1. The quantitative estimate of drug-likeness (QED) is 0.517. The second kappa shape index (κ2) is 2.04. The van der Waals surface area contributed by atoms with Crippen molar-refractivity contribution in [3.63, 3.8) is 0 Å². The Balaban J connectivity index is 2.56. The van der Waals surface area contributed by atoms with Crippen LogP contribution < -0.4 is 0 Å². The van der Waals surface area contributed by atoms with Crippen LogP contribution in [-0.4, -0.2) is 17.5 Å². The first-order chi connectivity index (χ1) is 3.77. The summed E-state index contributed by atoms with van der Waals surface area (Å²) >= 11 is 3.26. The van der Waals surface area contributed by atoms with Gasteiger partial charge in [0.25, 0.3) is 0 Å². The van der Waals surface area contributed by atoms with E-state index in [1.807, 2.05) is 0 Å². The first-order valence-electron chi connectivity index (χ1n) is 2.45. The third-order valence-corrected chi connectivity index (χ3v) is 1.98. The summed E-state index contributed by atoms with van der Waals surface area (Å²) < 4.78 is 4.61. The Labute approximate surface area is 56.6 Å². The van der Waals surface area contributed by atoms with Gasteiger partial charge in [-0.3, -0.25) is 0 Å². The molecule has 1 fully saturated rings. The van der Waals surface area contributed by atoms with E-state index in [2.05, 4.69) is 22.0 Å². The Morgan fingerprint density at radius 1 is 1.75 bits per heavy atom. The molecule has 1 heterocycles. The number of hydrogen-bond donors (Lipinski definition) is 0. The Morgan fingerprint density at radius 3 is 2.75 bits per heavy atom. The van der Waals surface area contributed by atoms with Gasteiger partial charge < -0.3 is 4.74 Å². The second-order valence-corrected chi connectivity index (χ2v) is 3.40. The van der Waals surface area contributed by atoms with Gasteiger partial charge in [0.15, 0.2) is 0 Å². The Morgan fingerprint density at radius 2 is 2.50 bits per heavy atom. The fourth-order valence-corrected chi connectivity index (χ4v) is 0.952. The lowest BCUT2D eigenvalue weighted by Crippen LogP contribution is -2.16. The molecule has 1 rings (SSSR count). The molecule has 0 spiro atoms. The van der Waals surface area contributed by atoms with E-state index < -0.39 is 0 Å². The zero-order valence-corrected chi connectivity index (χ0v) is 5.94. The monoisotopic (exact) mass is 175 g/mol.